The molecular weight excluding hydrogens is 315 g/mol. The van der Waals surface area contributed by atoms with Crippen LogP contribution in [0.2, 0.25) is 0 Å². The Bertz CT molecular complexity index is 774. The van der Waals surface area contributed by atoms with Crippen LogP contribution in [-0.4, -0.2) is 45.4 Å². The number of aromatic nitrogens is 2. The molecule has 0 spiro atoms. The van der Waals surface area contributed by atoms with Gasteiger partial charge in [-0.05, 0) is 37.5 Å². The van der Waals surface area contributed by atoms with E-state index in [1.807, 2.05) is 0 Å². The summed E-state index contributed by atoms with van der Waals surface area (Å²) in [5.41, 5.74) is 0.747. The molecule has 2 N–H and O–H groups in total. The second-order valence-electron chi connectivity index (χ2n) is 6.24. The van der Waals surface area contributed by atoms with Gasteiger partial charge in [-0.15, -0.1) is 0 Å². The van der Waals surface area contributed by atoms with Crippen molar-refractivity contribution >= 4 is 11.7 Å². The van der Waals surface area contributed by atoms with Crippen LogP contribution in [-0.2, 0) is 0 Å². The quantitative estimate of drug-likeness (QED) is 0.900. The summed E-state index contributed by atoms with van der Waals surface area (Å²) in [5.74, 6) is 0.674. The monoisotopic (exact) mass is 332 g/mol. The minimum atomic E-state index is -0.500. The van der Waals surface area contributed by atoms with Gasteiger partial charge in [0.15, 0.2) is 5.82 Å². The number of urea groups is 1. The van der Waals surface area contributed by atoms with Gasteiger partial charge in [-0.3, -0.25) is 0 Å². The van der Waals surface area contributed by atoms with Gasteiger partial charge in [0.25, 0.3) is 5.89 Å². The summed E-state index contributed by atoms with van der Waals surface area (Å²) < 4.78 is 18.9. The van der Waals surface area contributed by atoms with Gasteiger partial charge < -0.3 is 19.8 Å². The molecule has 2 fully saturated rings. The van der Waals surface area contributed by atoms with Gasteiger partial charge in [0.2, 0.25) is 0 Å². The number of aliphatic hydroxyl groups excluding tert-OH is 1. The third kappa shape index (κ3) is 2.96. The Morgan fingerprint density at radius 1 is 1.38 bits per heavy atom. The lowest BCUT2D eigenvalue weighted by Crippen LogP contribution is -2.33. The van der Waals surface area contributed by atoms with Crippen molar-refractivity contribution in [3.8, 4) is 11.5 Å². The molecule has 1 aliphatic heterocycles. The molecule has 1 saturated carbocycles. The van der Waals surface area contributed by atoms with Crippen LogP contribution in [0.4, 0.5) is 14.9 Å². The van der Waals surface area contributed by atoms with Crippen LogP contribution in [0.15, 0.2) is 22.7 Å². The first-order chi connectivity index (χ1) is 11.6. The second kappa shape index (κ2) is 5.86. The second-order valence-corrected chi connectivity index (χ2v) is 6.24. The number of carbonyl (C=O) groups is 1. The molecule has 1 aliphatic carbocycles. The highest BCUT2D eigenvalue weighted by Gasteiger charge is 2.30. The molecule has 7 nitrogen and oxygen atoms in total. The molecule has 24 heavy (non-hydrogen) atoms. The van der Waals surface area contributed by atoms with E-state index in [2.05, 4.69) is 15.5 Å². The van der Waals surface area contributed by atoms with Crippen molar-refractivity contribution in [1.82, 2.24) is 15.0 Å². The molecule has 0 radical (unpaired) electrons. The van der Waals surface area contributed by atoms with Gasteiger partial charge in [0, 0.05) is 19.0 Å². The SMILES string of the molecule is O=C(Nc1ccc(F)cc1-c1nc(C2CC2)no1)N1CC[C@@H](O)C1. The maximum absolute atomic E-state index is 13.7. The molecule has 1 aromatic carbocycles. The lowest BCUT2D eigenvalue weighted by Gasteiger charge is -2.17. The third-order valence-corrected chi connectivity index (χ3v) is 4.29. The van der Waals surface area contributed by atoms with Gasteiger partial charge in [-0.1, -0.05) is 5.16 Å². The predicted molar refractivity (Wildman–Crippen MR) is 82.9 cm³/mol. The number of benzene rings is 1. The summed E-state index contributed by atoms with van der Waals surface area (Å²) in [6.07, 6.45) is 2.12. The van der Waals surface area contributed by atoms with E-state index in [0.717, 1.165) is 12.8 Å². The fourth-order valence-electron chi connectivity index (χ4n) is 2.77. The number of rotatable bonds is 3. The molecule has 2 amide bonds. The number of nitrogens with one attached hydrogen (secondary N) is 1. The first kappa shape index (κ1) is 15.1. The zero-order valence-electron chi connectivity index (χ0n) is 12.9. The summed E-state index contributed by atoms with van der Waals surface area (Å²) in [5, 5.41) is 16.2. The number of amides is 2. The molecule has 2 heterocycles. The summed E-state index contributed by atoms with van der Waals surface area (Å²) in [6, 6.07) is 3.64. The van der Waals surface area contributed by atoms with E-state index in [1.54, 1.807) is 0 Å². The summed E-state index contributed by atoms with van der Waals surface area (Å²) in [4.78, 5) is 18.1. The molecule has 4 rings (SSSR count). The largest absolute Gasteiger partial charge is 0.391 e. The molecule has 0 bridgehead atoms. The Morgan fingerprint density at radius 2 is 2.21 bits per heavy atom. The number of likely N-dealkylation sites (tertiary alicyclic amines) is 1. The molecule has 1 atom stereocenters. The van der Waals surface area contributed by atoms with Crippen molar-refractivity contribution in [2.45, 2.75) is 31.3 Å². The highest BCUT2D eigenvalue weighted by Crippen LogP contribution is 2.39. The van der Waals surface area contributed by atoms with Crippen LogP contribution >= 0.6 is 0 Å². The van der Waals surface area contributed by atoms with Crippen molar-refractivity contribution < 1.29 is 18.8 Å². The third-order valence-electron chi connectivity index (χ3n) is 4.29. The smallest absolute Gasteiger partial charge is 0.321 e. The number of carbonyl (C=O) groups excluding carboxylic acids is 1. The molecule has 0 unspecified atom stereocenters. The number of hydrogen-bond donors (Lipinski definition) is 2. The number of β-amino-alcohol motifs (C(OH)–C–C–N with tert-alkyl or cyclic N) is 1. The van der Waals surface area contributed by atoms with Crippen molar-refractivity contribution in [2.24, 2.45) is 0 Å². The normalized spacial score (nSPS) is 20.4. The van der Waals surface area contributed by atoms with E-state index in [9.17, 15) is 14.3 Å². The Hall–Kier alpha value is -2.48. The number of nitrogens with zero attached hydrogens (tertiary/aromatic N) is 3. The average Bonchev–Trinajstić information content (AvgIpc) is 3.13. The molecule has 1 saturated heterocycles. The molecule has 1 aromatic heterocycles. The van der Waals surface area contributed by atoms with Crippen LogP contribution in [0.25, 0.3) is 11.5 Å². The van der Waals surface area contributed by atoms with E-state index < -0.39 is 11.9 Å². The van der Waals surface area contributed by atoms with E-state index in [-0.39, 0.29) is 18.5 Å². The van der Waals surface area contributed by atoms with E-state index in [1.165, 1.54) is 23.1 Å². The number of aliphatic hydroxyl groups is 1. The van der Waals surface area contributed by atoms with Gasteiger partial charge in [-0.25, -0.2) is 9.18 Å². The summed E-state index contributed by atoms with van der Waals surface area (Å²) >= 11 is 0. The lowest BCUT2D eigenvalue weighted by molar-refractivity contribution is 0.176. The summed E-state index contributed by atoms with van der Waals surface area (Å²) in [7, 11) is 0. The number of hydrogen-bond acceptors (Lipinski definition) is 5. The minimum Gasteiger partial charge on any atom is -0.391 e. The Balaban J connectivity index is 1.59. The van der Waals surface area contributed by atoms with Crippen LogP contribution in [0.3, 0.4) is 0 Å². The predicted octanol–water partition coefficient (Wildman–Crippen LogP) is 2.35. The van der Waals surface area contributed by atoms with Gasteiger partial charge in [-0.2, -0.15) is 4.98 Å². The van der Waals surface area contributed by atoms with E-state index in [4.69, 9.17) is 4.52 Å². The van der Waals surface area contributed by atoms with Crippen LogP contribution in [0, 0.1) is 5.82 Å². The molecule has 2 aromatic rings. The highest BCUT2D eigenvalue weighted by atomic mass is 19.1. The molecule has 8 heteroatoms. The lowest BCUT2D eigenvalue weighted by atomic mass is 10.1. The highest BCUT2D eigenvalue weighted by molar-refractivity contribution is 5.93. The zero-order valence-corrected chi connectivity index (χ0v) is 12.9. The Kier molecular flexibility index (Phi) is 3.68. The van der Waals surface area contributed by atoms with Crippen molar-refractivity contribution in [3.05, 3.63) is 29.8 Å². The Morgan fingerprint density at radius 3 is 2.92 bits per heavy atom. The van der Waals surface area contributed by atoms with Crippen molar-refractivity contribution in [1.29, 1.82) is 0 Å². The van der Waals surface area contributed by atoms with Crippen LogP contribution in [0.5, 0.6) is 0 Å². The molecular formula is C16H17FN4O3. The number of anilines is 1. The van der Waals surface area contributed by atoms with Crippen molar-refractivity contribution in [3.63, 3.8) is 0 Å². The summed E-state index contributed by atoms with van der Waals surface area (Å²) in [6.45, 7) is 0.769. The minimum absolute atomic E-state index is 0.188. The van der Waals surface area contributed by atoms with Crippen LogP contribution in [0.1, 0.15) is 31.0 Å². The average molecular weight is 332 g/mol. The topological polar surface area (TPSA) is 91.5 Å². The van der Waals surface area contributed by atoms with Crippen LogP contribution < -0.4 is 5.32 Å². The fraction of sp³-hybridized carbons (Fsp3) is 0.438. The maximum atomic E-state index is 13.7. The Labute approximate surface area is 137 Å². The standard InChI is InChI=1S/C16H17FN4O3/c17-10-3-4-13(18-16(23)21-6-5-11(22)8-21)12(7-10)15-19-14(20-24-15)9-1-2-9/h3-4,7,9,11,22H,1-2,5-6,8H2,(H,18,23)/t11-/m1/s1. The number of halogens is 1. The molecule has 2 aliphatic rings. The molecule has 126 valence electrons. The van der Waals surface area contributed by atoms with E-state index >= 15 is 0 Å². The fourth-order valence-corrected chi connectivity index (χ4v) is 2.77. The van der Waals surface area contributed by atoms with Gasteiger partial charge in [0.1, 0.15) is 5.82 Å². The van der Waals surface area contributed by atoms with E-state index in [0.29, 0.717) is 36.0 Å². The first-order valence-corrected chi connectivity index (χ1v) is 7.97. The van der Waals surface area contributed by atoms with Gasteiger partial charge in [0.05, 0.1) is 17.4 Å². The van der Waals surface area contributed by atoms with Gasteiger partial charge >= 0.3 is 6.03 Å². The van der Waals surface area contributed by atoms with Crippen molar-refractivity contribution in [2.75, 3.05) is 18.4 Å². The zero-order chi connectivity index (χ0) is 16.7. The first-order valence-electron chi connectivity index (χ1n) is 7.97. The maximum Gasteiger partial charge on any atom is 0.321 e.